The fourth-order valence-corrected chi connectivity index (χ4v) is 4.94. The van der Waals surface area contributed by atoms with Crippen molar-refractivity contribution in [1.82, 2.24) is 24.5 Å². The number of rotatable bonds is 7. The van der Waals surface area contributed by atoms with Crippen molar-refractivity contribution in [2.24, 2.45) is 7.05 Å². The first-order chi connectivity index (χ1) is 20.0. The van der Waals surface area contributed by atoms with Gasteiger partial charge in [-0.2, -0.15) is 46.2 Å². The zero-order chi connectivity index (χ0) is 31.7. The lowest BCUT2D eigenvalue weighted by atomic mass is 9.99. The van der Waals surface area contributed by atoms with E-state index in [1.807, 2.05) is 0 Å². The first kappa shape index (κ1) is 30.5. The van der Waals surface area contributed by atoms with E-state index >= 15 is 4.39 Å². The van der Waals surface area contributed by atoms with E-state index in [2.05, 4.69) is 16.3 Å². The summed E-state index contributed by atoms with van der Waals surface area (Å²) in [6.45, 7) is 1.72. The van der Waals surface area contributed by atoms with Gasteiger partial charge in [-0.25, -0.2) is 13.8 Å². The maximum atomic E-state index is 15.5. The van der Waals surface area contributed by atoms with Crippen LogP contribution in [0.15, 0.2) is 24.4 Å². The lowest BCUT2D eigenvalue weighted by Crippen LogP contribution is -2.51. The molecule has 0 radical (unpaired) electrons. The molecule has 0 saturated heterocycles. The van der Waals surface area contributed by atoms with Crippen LogP contribution in [-0.4, -0.2) is 61.6 Å². The quantitative estimate of drug-likeness (QED) is 0.230. The van der Waals surface area contributed by atoms with E-state index in [1.165, 1.54) is 23.1 Å². The van der Waals surface area contributed by atoms with Crippen molar-refractivity contribution in [3.63, 3.8) is 0 Å². The van der Waals surface area contributed by atoms with Gasteiger partial charge in [0.2, 0.25) is 0 Å². The summed E-state index contributed by atoms with van der Waals surface area (Å²) in [7, 11) is 0.900. The Kier molecular flexibility index (Phi) is 7.16. The van der Waals surface area contributed by atoms with Crippen molar-refractivity contribution in [2.75, 3.05) is 13.3 Å². The number of halogens is 9. The average molecular weight is 639 g/mol. The van der Waals surface area contributed by atoms with Crippen LogP contribution in [0, 0.1) is 11.3 Å². The molecule has 43 heavy (non-hydrogen) atoms. The molecule has 1 aliphatic carbocycles. The van der Waals surface area contributed by atoms with Gasteiger partial charge in [0.15, 0.2) is 17.3 Å². The third kappa shape index (κ3) is 4.58. The number of carbonyl (C=O) groups excluding carboxylic acids is 1. The van der Waals surface area contributed by atoms with Gasteiger partial charge in [0, 0.05) is 19.2 Å². The molecule has 1 aliphatic heterocycles. The highest BCUT2D eigenvalue weighted by atomic mass is 35.5. The highest BCUT2D eigenvalue weighted by Crippen LogP contribution is 2.57. The average Bonchev–Trinajstić information content (AvgIpc) is 3.47. The van der Waals surface area contributed by atoms with Crippen LogP contribution in [0.3, 0.4) is 0 Å². The second-order valence-electron chi connectivity index (χ2n) is 9.76. The summed E-state index contributed by atoms with van der Waals surface area (Å²) in [5, 5.41) is 16.6. The summed E-state index contributed by atoms with van der Waals surface area (Å²) in [6.07, 6.45) is -14.0. The van der Waals surface area contributed by atoms with E-state index in [4.69, 9.17) is 21.1 Å². The van der Waals surface area contributed by atoms with E-state index < -0.39 is 58.8 Å². The van der Waals surface area contributed by atoms with Gasteiger partial charge < -0.3 is 9.47 Å². The van der Waals surface area contributed by atoms with Crippen LogP contribution >= 0.6 is 11.6 Å². The Morgan fingerprint density at radius 2 is 1.88 bits per heavy atom. The highest BCUT2D eigenvalue weighted by molar-refractivity contribution is 6.34. The van der Waals surface area contributed by atoms with Gasteiger partial charge >= 0.3 is 18.0 Å². The molecular weight excluding hydrogens is 620 g/mol. The summed E-state index contributed by atoms with van der Waals surface area (Å²) < 4.78 is 122. The predicted molar refractivity (Wildman–Crippen MR) is 130 cm³/mol. The Morgan fingerprint density at radius 1 is 1.23 bits per heavy atom. The SMILES string of the molecule is CCOCN(C(=O)c1cc(-c2cnn3c2C(F)Oc2c(C(F)(C(F)(F)F)C(F)(F)F)nn(C)c2-3)ccc1Cl)C1(C#N)CC1. The maximum Gasteiger partial charge on any atom is 0.437 e. The molecule has 0 spiro atoms. The number of fused-ring (bicyclic) bond motifs is 3. The van der Waals surface area contributed by atoms with Crippen molar-refractivity contribution in [3.05, 3.63) is 46.4 Å². The highest BCUT2D eigenvalue weighted by Gasteiger charge is 2.76. The minimum Gasteiger partial charge on any atom is -0.448 e. The van der Waals surface area contributed by atoms with Crippen LogP contribution in [0.4, 0.5) is 35.1 Å². The first-order valence-corrected chi connectivity index (χ1v) is 12.8. The van der Waals surface area contributed by atoms with Crippen molar-refractivity contribution < 1.29 is 49.4 Å². The van der Waals surface area contributed by atoms with Crippen LogP contribution in [0.1, 0.15) is 47.9 Å². The van der Waals surface area contributed by atoms with E-state index in [9.17, 15) is 40.8 Å². The molecule has 0 N–H and O–H groups in total. The number of benzene rings is 1. The number of hydrogen-bond acceptors (Lipinski definition) is 6. The number of hydrogen-bond donors (Lipinski definition) is 0. The van der Waals surface area contributed by atoms with E-state index in [-0.39, 0.29) is 35.1 Å². The van der Waals surface area contributed by atoms with Crippen molar-refractivity contribution in [1.29, 1.82) is 5.26 Å². The molecule has 3 heterocycles. The van der Waals surface area contributed by atoms with Gasteiger partial charge in [-0.15, -0.1) is 0 Å². The number of ether oxygens (including phenoxy) is 2. The van der Waals surface area contributed by atoms with Crippen LogP contribution in [0.2, 0.25) is 5.02 Å². The second-order valence-corrected chi connectivity index (χ2v) is 10.2. The van der Waals surface area contributed by atoms with Crippen LogP contribution in [-0.2, 0) is 17.5 Å². The van der Waals surface area contributed by atoms with Gasteiger partial charge in [0.05, 0.1) is 22.9 Å². The van der Waals surface area contributed by atoms with Crippen LogP contribution < -0.4 is 4.74 Å². The fraction of sp³-hybridized carbons (Fsp3) is 0.440. The first-order valence-electron chi connectivity index (χ1n) is 12.4. The second kappa shape index (κ2) is 10.1. The topological polar surface area (TPSA) is 98.2 Å². The number of aromatic nitrogens is 4. The van der Waals surface area contributed by atoms with Gasteiger partial charge in [0.25, 0.3) is 12.3 Å². The van der Waals surface area contributed by atoms with Gasteiger partial charge in [-0.05, 0) is 37.5 Å². The van der Waals surface area contributed by atoms with Gasteiger partial charge in [-0.1, -0.05) is 17.7 Å². The minimum atomic E-state index is -6.52. The Morgan fingerprint density at radius 3 is 2.44 bits per heavy atom. The van der Waals surface area contributed by atoms with E-state index in [1.54, 1.807) is 6.92 Å². The molecule has 1 unspecified atom stereocenters. The maximum absolute atomic E-state index is 15.5. The molecule has 9 nitrogen and oxygen atoms in total. The molecule has 1 amide bonds. The van der Waals surface area contributed by atoms with Crippen molar-refractivity contribution >= 4 is 17.5 Å². The van der Waals surface area contributed by atoms with E-state index in [0.717, 1.165) is 13.2 Å². The lowest BCUT2D eigenvalue weighted by molar-refractivity contribution is -0.350. The Labute approximate surface area is 242 Å². The summed E-state index contributed by atoms with van der Waals surface area (Å²) >= 11 is 6.30. The smallest absolute Gasteiger partial charge is 0.437 e. The van der Waals surface area contributed by atoms with E-state index in [0.29, 0.717) is 22.2 Å². The molecule has 1 saturated carbocycles. The summed E-state index contributed by atoms with van der Waals surface area (Å²) in [6, 6.07) is 6.01. The molecular formula is C25H19ClF8N6O3. The molecule has 5 rings (SSSR count). The summed E-state index contributed by atoms with van der Waals surface area (Å²) in [5.41, 5.74) is -9.90. The number of nitriles is 1. The molecule has 230 valence electrons. The number of alkyl halides is 8. The zero-order valence-corrected chi connectivity index (χ0v) is 22.8. The number of nitrogens with zero attached hydrogens (tertiary/aromatic N) is 6. The predicted octanol–water partition coefficient (Wildman–Crippen LogP) is 6.07. The molecule has 1 atom stereocenters. The van der Waals surface area contributed by atoms with Gasteiger partial charge in [-0.3, -0.25) is 9.69 Å². The standard InChI is InChI=1S/C25H19ClF8N6O3/c1-3-42-11-39(22(10-35)6-7-22)21(41)13-8-12(4-5-15(13)26)14-9-36-40-16(14)19(27)43-17-18(37-38(2)20(17)40)23(28,24(29,30)31)25(32,33)34/h4-5,8-9,19H,3,6-7,11H2,1-2H3. The monoisotopic (exact) mass is 638 g/mol. The molecule has 1 fully saturated rings. The lowest BCUT2D eigenvalue weighted by Gasteiger charge is -2.30. The molecule has 0 bridgehead atoms. The largest absolute Gasteiger partial charge is 0.448 e. The van der Waals surface area contributed by atoms with Crippen molar-refractivity contribution in [2.45, 2.75) is 49.7 Å². The zero-order valence-electron chi connectivity index (χ0n) is 22.0. The number of aryl methyl sites for hydroxylation is 1. The van der Waals surface area contributed by atoms with Crippen LogP contribution in [0.25, 0.3) is 16.9 Å². The van der Waals surface area contributed by atoms with Crippen molar-refractivity contribution in [3.8, 4) is 28.8 Å². The molecule has 2 aliphatic rings. The normalized spacial score (nSPS) is 17.5. The number of carbonyl (C=O) groups is 1. The molecule has 2 aromatic heterocycles. The Bertz CT molecular complexity index is 1620. The third-order valence-electron chi connectivity index (χ3n) is 7.15. The summed E-state index contributed by atoms with van der Waals surface area (Å²) in [5.74, 6) is -2.83. The minimum absolute atomic E-state index is 0.0322. The summed E-state index contributed by atoms with van der Waals surface area (Å²) in [4.78, 5) is 14.7. The Hall–Kier alpha value is -3.91. The van der Waals surface area contributed by atoms with Gasteiger partial charge in [0.1, 0.15) is 18.0 Å². The fourth-order valence-electron chi connectivity index (χ4n) is 4.74. The van der Waals surface area contributed by atoms with Crippen LogP contribution in [0.5, 0.6) is 5.75 Å². The molecule has 18 heteroatoms. The Balaban J connectivity index is 1.60. The number of amides is 1. The molecule has 1 aromatic carbocycles. The third-order valence-corrected chi connectivity index (χ3v) is 7.48. The molecule has 3 aromatic rings.